The topological polar surface area (TPSA) is 29.9 Å². The first kappa shape index (κ1) is 15.2. The first-order chi connectivity index (χ1) is 8.56. The molecule has 0 unspecified atom stereocenters. The maximum absolute atomic E-state index is 4.56. The minimum Gasteiger partial charge on any atom is -0.313 e. The van der Waals surface area contributed by atoms with Crippen LogP contribution >= 0.6 is 0 Å². The summed E-state index contributed by atoms with van der Waals surface area (Å²) in [6.07, 6.45) is 4.42. The number of hydrogen-bond donors (Lipinski definition) is 1. The molecule has 18 heavy (non-hydrogen) atoms. The molecular formula is C15H29N3. The Kier molecular flexibility index (Phi) is 6.41. The zero-order valence-corrected chi connectivity index (χ0v) is 12.7. The van der Waals surface area contributed by atoms with Crippen molar-refractivity contribution >= 4 is 0 Å². The van der Waals surface area contributed by atoms with Gasteiger partial charge in [-0.25, -0.2) is 0 Å². The molecule has 1 rings (SSSR count). The lowest BCUT2D eigenvalue weighted by Gasteiger charge is -2.14. The number of aromatic nitrogens is 2. The van der Waals surface area contributed by atoms with Crippen molar-refractivity contribution in [1.82, 2.24) is 15.1 Å². The summed E-state index contributed by atoms with van der Waals surface area (Å²) in [7, 11) is 0. The van der Waals surface area contributed by atoms with E-state index in [-0.39, 0.29) is 0 Å². The molecule has 0 bridgehead atoms. The monoisotopic (exact) mass is 251 g/mol. The Morgan fingerprint density at radius 3 is 2.56 bits per heavy atom. The van der Waals surface area contributed by atoms with Gasteiger partial charge in [0, 0.05) is 24.3 Å². The SMILES string of the molecule is CCCNCc1cnn(CCC(C)C)c1C(C)C. The van der Waals surface area contributed by atoms with Crippen molar-refractivity contribution in [3.8, 4) is 0 Å². The quantitative estimate of drug-likeness (QED) is 0.716. The van der Waals surface area contributed by atoms with Gasteiger partial charge in [-0.05, 0) is 31.2 Å². The third kappa shape index (κ3) is 4.45. The molecule has 0 aliphatic heterocycles. The number of rotatable bonds is 8. The number of hydrogen-bond acceptors (Lipinski definition) is 2. The molecule has 0 aliphatic rings. The van der Waals surface area contributed by atoms with Crippen LogP contribution in [0.15, 0.2) is 6.20 Å². The van der Waals surface area contributed by atoms with Crippen LogP contribution in [0.1, 0.15) is 64.6 Å². The van der Waals surface area contributed by atoms with Gasteiger partial charge in [0.1, 0.15) is 0 Å². The smallest absolute Gasteiger partial charge is 0.0537 e. The van der Waals surface area contributed by atoms with E-state index in [1.807, 2.05) is 6.20 Å². The summed E-state index contributed by atoms with van der Waals surface area (Å²) in [6, 6.07) is 0. The second-order valence-corrected chi connectivity index (χ2v) is 5.79. The van der Waals surface area contributed by atoms with Crippen LogP contribution in [-0.4, -0.2) is 16.3 Å². The van der Waals surface area contributed by atoms with Crippen LogP contribution in [-0.2, 0) is 13.1 Å². The first-order valence-corrected chi connectivity index (χ1v) is 7.31. The molecule has 0 amide bonds. The van der Waals surface area contributed by atoms with Gasteiger partial charge in [0.05, 0.1) is 6.20 Å². The third-order valence-corrected chi connectivity index (χ3v) is 3.17. The van der Waals surface area contributed by atoms with Crippen molar-refractivity contribution in [3.05, 3.63) is 17.5 Å². The largest absolute Gasteiger partial charge is 0.313 e. The average Bonchev–Trinajstić information content (AvgIpc) is 2.70. The van der Waals surface area contributed by atoms with E-state index in [1.165, 1.54) is 24.1 Å². The lowest BCUT2D eigenvalue weighted by molar-refractivity contribution is 0.468. The predicted molar refractivity (Wildman–Crippen MR) is 77.8 cm³/mol. The Hall–Kier alpha value is -0.830. The van der Waals surface area contributed by atoms with E-state index < -0.39 is 0 Å². The van der Waals surface area contributed by atoms with Crippen molar-refractivity contribution in [2.75, 3.05) is 6.54 Å². The summed E-state index contributed by atoms with van der Waals surface area (Å²) in [5, 5.41) is 8.04. The molecule has 0 aromatic carbocycles. The van der Waals surface area contributed by atoms with E-state index in [4.69, 9.17) is 0 Å². The molecule has 0 saturated heterocycles. The summed E-state index contributed by atoms with van der Waals surface area (Å²) in [4.78, 5) is 0. The van der Waals surface area contributed by atoms with E-state index in [0.29, 0.717) is 5.92 Å². The molecule has 1 aromatic heterocycles. The van der Waals surface area contributed by atoms with Gasteiger partial charge in [-0.15, -0.1) is 0 Å². The average molecular weight is 251 g/mol. The van der Waals surface area contributed by atoms with Gasteiger partial charge in [-0.1, -0.05) is 34.6 Å². The molecule has 0 aliphatic carbocycles. The molecule has 1 heterocycles. The molecule has 0 radical (unpaired) electrons. The summed E-state index contributed by atoms with van der Waals surface area (Å²) in [5.41, 5.74) is 2.77. The molecule has 0 saturated carbocycles. The lowest BCUT2D eigenvalue weighted by atomic mass is 10.1. The molecule has 0 fully saturated rings. The Balaban J connectivity index is 2.72. The van der Waals surface area contributed by atoms with Crippen molar-refractivity contribution in [3.63, 3.8) is 0 Å². The molecule has 3 heteroatoms. The number of nitrogens with one attached hydrogen (secondary N) is 1. The predicted octanol–water partition coefficient (Wildman–Crippen LogP) is 3.55. The fourth-order valence-electron chi connectivity index (χ4n) is 2.20. The Labute approximate surface area is 112 Å². The third-order valence-electron chi connectivity index (χ3n) is 3.17. The van der Waals surface area contributed by atoms with Gasteiger partial charge in [0.25, 0.3) is 0 Å². The van der Waals surface area contributed by atoms with Crippen LogP contribution in [0, 0.1) is 5.92 Å². The first-order valence-electron chi connectivity index (χ1n) is 7.31. The number of nitrogens with zero attached hydrogens (tertiary/aromatic N) is 2. The highest BCUT2D eigenvalue weighted by atomic mass is 15.3. The lowest BCUT2D eigenvalue weighted by Crippen LogP contribution is -2.16. The molecule has 1 aromatic rings. The summed E-state index contributed by atoms with van der Waals surface area (Å²) < 4.78 is 2.20. The minimum absolute atomic E-state index is 0.540. The maximum Gasteiger partial charge on any atom is 0.0537 e. The highest BCUT2D eigenvalue weighted by Gasteiger charge is 2.13. The van der Waals surface area contributed by atoms with Gasteiger partial charge in [-0.3, -0.25) is 4.68 Å². The van der Waals surface area contributed by atoms with Gasteiger partial charge in [-0.2, -0.15) is 5.10 Å². The summed E-state index contributed by atoms with van der Waals surface area (Å²) >= 11 is 0. The zero-order chi connectivity index (χ0) is 13.5. The van der Waals surface area contributed by atoms with Crippen LogP contribution in [0.4, 0.5) is 0 Å². The van der Waals surface area contributed by atoms with Crippen molar-refractivity contribution in [1.29, 1.82) is 0 Å². The molecule has 104 valence electrons. The van der Waals surface area contributed by atoms with E-state index >= 15 is 0 Å². The van der Waals surface area contributed by atoms with E-state index in [9.17, 15) is 0 Å². The van der Waals surface area contributed by atoms with Gasteiger partial charge < -0.3 is 5.32 Å². The fourth-order valence-corrected chi connectivity index (χ4v) is 2.20. The second kappa shape index (κ2) is 7.57. The molecule has 0 spiro atoms. The van der Waals surface area contributed by atoms with Crippen molar-refractivity contribution in [2.24, 2.45) is 5.92 Å². The standard InChI is InChI=1S/C15H29N3/c1-6-8-16-10-14-11-17-18(9-7-12(2)3)15(14)13(4)5/h11-13,16H,6-10H2,1-5H3. The minimum atomic E-state index is 0.540. The van der Waals surface area contributed by atoms with Crippen LogP contribution < -0.4 is 5.32 Å². The second-order valence-electron chi connectivity index (χ2n) is 5.79. The Morgan fingerprint density at radius 2 is 2.00 bits per heavy atom. The highest BCUT2D eigenvalue weighted by molar-refractivity contribution is 5.21. The molecule has 1 N–H and O–H groups in total. The van der Waals surface area contributed by atoms with Crippen molar-refractivity contribution < 1.29 is 0 Å². The normalized spacial score (nSPS) is 11.7. The van der Waals surface area contributed by atoms with Crippen LogP contribution in [0.5, 0.6) is 0 Å². The van der Waals surface area contributed by atoms with Gasteiger partial charge in [0.2, 0.25) is 0 Å². The van der Waals surface area contributed by atoms with Crippen molar-refractivity contribution in [2.45, 2.75) is 66.5 Å². The molecular weight excluding hydrogens is 222 g/mol. The van der Waals surface area contributed by atoms with Crippen LogP contribution in [0.3, 0.4) is 0 Å². The van der Waals surface area contributed by atoms with Crippen LogP contribution in [0.25, 0.3) is 0 Å². The van der Waals surface area contributed by atoms with Gasteiger partial charge >= 0.3 is 0 Å². The fraction of sp³-hybridized carbons (Fsp3) is 0.800. The zero-order valence-electron chi connectivity index (χ0n) is 12.7. The summed E-state index contributed by atoms with van der Waals surface area (Å²) in [5.74, 6) is 1.27. The van der Waals surface area contributed by atoms with E-state index in [2.05, 4.69) is 49.7 Å². The highest BCUT2D eigenvalue weighted by Crippen LogP contribution is 2.20. The number of aryl methyl sites for hydroxylation is 1. The molecule has 3 nitrogen and oxygen atoms in total. The maximum atomic E-state index is 4.56. The summed E-state index contributed by atoms with van der Waals surface area (Å²) in [6.45, 7) is 14.3. The van der Waals surface area contributed by atoms with E-state index in [0.717, 1.165) is 25.6 Å². The van der Waals surface area contributed by atoms with Gasteiger partial charge in [0.15, 0.2) is 0 Å². The Morgan fingerprint density at radius 1 is 1.28 bits per heavy atom. The molecule has 0 atom stereocenters. The van der Waals surface area contributed by atoms with E-state index in [1.54, 1.807) is 0 Å². The Bertz CT molecular complexity index is 340. The van der Waals surface area contributed by atoms with Crippen LogP contribution in [0.2, 0.25) is 0 Å².